The molecule has 1 fully saturated rings. The molecule has 1 saturated heterocycles. The predicted octanol–water partition coefficient (Wildman–Crippen LogP) is 2.60. The second-order valence-electron chi connectivity index (χ2n) is 7.77. The van der Waals surface area contributed by atoms with Gasteiger partial charge in [0.1, 0.15) is 17.8 Å². The Morgan fingerprint density at radius 2 is 2.15 bits per heavy atom. The van der Waals surface area contributed by atoms with Gasteiger partial charge in [0.05, 0.1) is 22.7 Å². The standard InChI is InChI=1S/C20H23N5O2/c1-20(2,26)12-25-8-5-13(6-9-25)27-18-15(10-21)23-11-16-17(18)14-4-3-7-22-19(14)24-16/h3-4,7,11,13,26H,5-6,8-9,12H2,1-2H3,(H,22,24). The minimum atomic E-state index is -0.700. The number of piperidine rings is 1. The molecule has 27 heavy (non-hydrogen) atoms. The number of aromatic nitrogens is 3. The first-order valence-electron chi connectivity index (χ1n) is 9.21. The third kappa shape index (κ3) is 3.59. The van der Waals surface area contributed by atoms with Crippen LogP contribution in [0.5, 0.6) is 5.75 Å². The average Bonchev–Trinajstić information content (AvgIpc) is 3.01. The quantitative estimate of drug-likeness (QED) is 0.737. The number of nitrogens with one attached hydrogen (secondary N) is 1. The van der Waals surface area contributed by atoms with Crippen LogP contribution in [0.3, 0.4) is 0 Å². The van der Waals surface area contributed by atoms with E-state index >= 15 is 0 Å². The summed E-state index contributed by atoms with van der Waals surface area (Å²) in [6.45, 7) is 6.01. The maximum absolute atomic E-state index is 10.0. The molecule has 7 heteroatoms. The Morgan fingerprint density at radius 1 is 1.37 bits per heavy atom. The van der Waals surface area contributed by atoms with Crippen molar-refractivity contribution in [3.05, 3.63) is 30.2 Å². The fourth-order valence-corrected chi connectivity index (χ4v) is 3.78. The summed E-state index contributed by atoms with van der Waals surface area (Å²) in [4.78, 5) is 14.1. The van der Waals surface area contributed by atoms with Gasteiger partial charge in [0.2, 0.25) is 0 Å². The molecule has 0 radical (unpaired) electrons. The highest BCUT2D eigenvalue weighted by atomic mass is 16.5. The Labute approximate surface area is 157 Å². The lowest BCUT2D eigenvalue weighted by Crippen LogP contribution is -2.45. The molecule has 0 saturated carbocycles. The minimum Gasteiger partial charge on any atom is -0.487 e. The van der Waals surface area contributed by atoms with Crippen molar-refractivity contribution in [1.29, 1.82) is 5.26 Å². The SMILES string of the molecule is CC(C)(O)CN1CCC(Oc2c(C#N)ncc3[nH]c4ncccc4c23)CC1. The summed E-state index contributed by atoms with van der Waals surface area (Å²) in [7, 11) is 0. The Morgan fingerprint density at radius 3 is 2.85 bits per heavy atom. The second kappa shape index (κ2) is 6.80. The molecule has 7 nitrogen and oxygen atoms in total. The molecule has 0 spiro atoms. The second-order valence-corrected chi connectivity index (χ2v) is 7.77. The summed E-state index contributed by atoms with van der Waals surface area (Å²) in [5, 5.41) is 21.3. The maximum atomic E-state index is 10.0. The first-order chi connectivity index (χ1) is 12.9. The monoisotopic (exact) mass is 365 g/mol. The fourth-order valence-electron chi connectivity index (χ4n) is 3.78. The van der Waals surface area contributed by atoms with E-state index in [1.807, 2.05) is 26.0 Å². The lowest BCUT2D eigenvalue weighted by molar-refractivity contribution is 0.0142. The molecule has 2 N–H and O–H groups in total. The molecule has 0 atom stereocenters. The zero-order valence-electron chi connectivity index (χ0n) is 15.6. The number of β-amino-alcohol motifs (C(OH)–C–C–N with tert-alkyl or cyclic N) is 1. The number of rotatable bonds is 4. The number of nitrogens with zero attached hydrogens (tertiary/aromatic N) is 4. The van der Waals surface area contributed by atoms with Crippen molar-refractivity contribution in [1.82, 2.24) is 19.9 Å². The molecule has 0 aromatic carbocycles. The lowest BCUT2D eigenvalue weighted by Gasteiger charge is -2.35. The van der Waals surface area contributed by atoms with E-state index < -0.39 is 5.60 Å². The molecule has 0 amide bonds. The first kappa shape index (κ1) is 17.7. The van der Waals surface area contributed by atoms with Crippen LogP contribution >= 0.6 is 0 Å². The minimum absolute atomic E-state index is 0.0178. The van der Waals surface area contributed by atoms with Crippen molar-refractivity contribution < 1.29 is 9.84 Å². The molecular formula is C20H23N5O2. The normalized spacial score (nSPS) is 16.7. The van der Waals surface area contributed by atoms with Crippen LogP contribution in [-0.4, -0.2) is 56.3 Å². The van der Waals surface area contributed by atoms with E-state index in [4.69, 9.17) is 4.74 Å². The highest BCUT2D eigenvalue weighted by Crippen LogP contribution is 2.35. The van der Waals surface area contributed by atoms with E-state index in [1.54, 1.807) is 12.4 Å². The van der Waals surface area contributed by atoms with E-state index in [-0.39, 0.29) is 6.10 Å². The van der Waals surface area contributed by atoms with Gasteiger partial charge in [-0.3, -0.25) is 0 Å². The third-order valence-corrected chi connectivity index (χ3v) is 4.90. The maximum Gasteiger partial charge on any atom is 0.183 e. The van der Waals surface area contributed by atoms with E-state index in [1.165, 1.54) is 0 Å². The van der Waals surface area contributed by atoms with Gasteiger partial charge in [0.25, 0.3) is 0 Å². The van der Waals surface area contributed by atoms with Gasteiger partial charge in [-0.15, -0.1) is 0 Å². The van der Waals surface area contributed by atoms with Crippen LogP contribution in [0.1, 0.15) is 32.4 Å². The number of nitriles is 1. The van der Waals surface area contributed by atoms with Crippen LogP contribution in [0.2, 0.25) is 0 Å². The van der Waals surface area contributed by atoms with Gasteiger partial charge in [-0.1, -0.05) is 0 Å². The Kier molecular flexibility index (Phi) is 4.46. The van der Waals surface area contributed by atoms with Crippen LogP contribution < -0.4 is 4.74 Å². The zero-order chi connectivity index (χ0) is 19.0. The van der Waals surface area contributed by atoms with Crippen LogP contribution in [0.4, 0.5) is 0 Å². The third-order valence-electron chi connectivity index (χ3n) is 4.90. The molecule has 0 unspecified atom stereocenters. The highest BCUT2D eigenvalue weighted by molar-refractivity contribution is 6.09. The summed E-state index contributed by atoms with van der Waals surface area (Å²) < 4.78 is 6.31. The molecule has 4 heterocycles. The number of aromatic amines is 1. The van der Waals surface area contributed by atoms with Crippen molar-refractivity contribution in [2.24, 2.45) is 0 Å². The van der Waals surface area contributed by atoms with Gasteiger partial charge in [0.15, 0.2) is 11.4 Å². The molecule has 0 bridgehead atoms. The molecular weight excluding hydrogens is 342 g/mol. The molecule has 1 aliphatic rings. The van der Waals surface area contributed by atoms with Crippen molar-refractivity contribution in [2.45, 2.75) is 38.4 Å². The topological polar surface area (TPSA) is 98.1 Å². The van der Waals surface area contributed by atoms with Crippen molar-refractivity contribution in [3.8, 4) is 11.8 Å². The largest absolute Gasteiger partial charge is 0.487 e. The molecule has 1 aliphatic heterocycles. The number of ether oxygens (including phenoxy) is 1. The highest BCUT2D eigenvalue weighted by Gasteiger charge is 2.26. The van der Waals surface area contributed by atoms with Crippen LogP contribution in [0, 0.1) is 11.3 Å². The lowest BCUT2D eigenvalue weighted by atomic mass is 10.0. The molecule has 0 aliphatic carbocycles. The van der Waals surface area contributed by atoms with Crippen LogP contribution in [0.15, 0.2) is 24.5 Å². The summed E-state index contributed by atoms with van der Waals surface area (Å²) in [5.41, 5.74) is 1.17. The number of pyridine rings is 2. The van der Waals surface area contributed by atoms with Gasteiger partial charge in [-0.2, -0.15) is 5.26 Å². The summed E-state index contributed by atoms with van der Waals surface area (Å²) in [6, 6.07) is 6.01. The molecule has 4 rings (SSSR count). The van der Waals surface area contributed by atoms with Gasteiger partial charge in [-0.05, 0) is 38.8 Å². The van der Waals surface area contributed by atoms with E-state index in [9.17, 15) is 10.4 Å². The smallest absolute Gasteiger partial charge is 0.183 e. The van der Waals surface area contributed by atoms with Gasteiger partial charge in [0, 0.05) is 31.2 Å². The molecule has 3 aromatic rings. The number of aliphatic hydroxyl groups is 1. The first-order valence-corrected chi connectivity index (χ1v) is 9.21. The summed E-state index contributed by atoms with van der Waals surface area (Å²) in [5.74, 6) is 0.537. The molecule has 140 valence electrons. The number of fused-ring (bicyclic) bond motifs is 3. The van der Waals surface area contributed by atoms with E-state index in [0.717, 1.165) is 47.9 Å². The van der Waals surface area contributed by atoms with Crippen LogP contribution in [-0.2, 0) is 0 Å². The van der Waals surface area contributed by atoms with E-state index in [2.05, 4.69) is 25.9 Å². The Hall–Kier alpha value is -2.69. The fraction of sp³-hybridized carbons (Fsp3) is 0.450. The zero-order valence-corrected chi connectivity index (χ0v) is 15.6. The van der Waals surface area contributed by atoms with Gasteiger partial charge < -0.3 is 19.7 Å². The Balaban J connectivity index is 1.62. The van der Waals surface area contributed by atoms with Gasteiger partial charge >= 0.3 is 0 Å². The van der Waals surface area contributed by atoms with E-state index in [0.29, 0.717) is 18.0 Å². The van der Waals surface area contributed by atoms with Crippen molar-refractivity contribution in [3.63, 3.8) is 0 Å². The average molecular weight is 365 g/mol. The van der Waals surface area contributed by atoms with Gasteiger partial charge in [-0.25, -0.2) is 9.97 Å². The molecule has 3 aromatic heterocycles. The van der Waals surface area contributed by atoms with Crippen molar-refractivity contribution >= 4 is 21.9 Å². The number of hydrogen-bond donors (Lipinski definition) is 2. The van der Waals surface area contributed by atoms with Crippen LogP contribution in [0.25, 0.3) is 21.9 Å². The summed E-state index contributed by atoms with van der Waals surface area (Å²) >= 11 is 0. The van der Waals surface area contributed by atoms with Crippen molar-refractivity contribution in [2.75, 3.05) is 19.6 Å². The number of hydrogen-bond acceptors (Lipinski definition) is 6. The Bertz CT molecular complexity index is 1010. The number of H-pyrrole nitrogens is 1. The summed E-state index contributed by atoms with van der Waals surface area (Å²) in [6.07, 6.45) is 5.10. The predicted molar refractivity (Wildman–Crippen MR) is 102 cm³/mol. The number of likely N-dealkylation sites (tertiary alicyclic amines) is 1.